The summed E-state index contributed by atoms with van der Waals surface area (Å²) in [6.45, 7) is 5.22. The highest BCUT2D eigenvalue weighted by Crippen LogP contribution is 2.28. The Labute approximate surface area is 121 Å². The molecular weight excluding hydrogens is 281 g/mol. The minimum absolute atomic E-state index is 0.182. The van der Waals surface area contributed by atoms with Gasteiger partial charge < -0.3 is 10.3 Å². The van der Waals surface area contributed by atoms with Gasteiger partial charge in [0.1, 0.15) is 11.6 Å². The molecule has 1 aromatic carbocycles. The summed E-state index contributed by atoms with van der Waals surface area (Å²) < 4.78 is 13.7. The minimum atomic E-state index is -0.460. The van der Waals surface area contributed by atoms with Gasteiger partial charge in [-0.25, -0.2) is 9.37 Å². The maximum Gasteiger partial charge on any atom is 0.256 e. The van der Waals surface area contributed by atoms with E-state index in [4.69, 9.17) is 11.6 Å². The van der Waals surface area contributed by atoms with E-state index in [9.17, 15) is 9.18 Å². The lowest BCUT2D eigenvalue weighted by atomic mass is 10.1. The Hall–Kier alpha value is -1.88. The summed E-state index contributed by atoms with van der Waals surface area (Å²) in [5.74, 6) is 0.0888. The Bertz CT molecular complexity index is 679. The topological polar surface area (TPSA) is 57.8 Å². The van der Waals surface area contributed by atoms with Gasteiger partial charge in [0, 0.05) is 0 Å². The van der Waals surface area contributed by atoms with E-state index < -0.39 is 11.9 Å². The number of benzene rings is 1. The van der Waals surface area contributed by atoms with Gasteiger partial charge in [0.05, 0.1) is 28.0 Å². The van der Waals surface area contributed by atoms with Crippen LogP contribution >= 0.6 is 11.6 Å². The maximum atomic E-state index is 13.7. The van der Waals surface area contributed by atoms with E-state index >= 15 is 0 Å². The van der Waals surface area contributed by atoms with E-state index in [2.05, 4.69) is 15.3 Å². The van der Waals surface area contributed by atoms with Gasteiger partial charge in [-0.2, -0.15) is 0 Å². The van der Waals surface area contributed by atoms with Crippen LogP contribution in [0.2, 0.25) is 5.02 Å². The third-order valence-electron chi connectivity index (χ3n) is 3.02. The zero-order valence-electron chi connectivity index (χ0n) is 11.4. The number of H-pyrrole nitrogens is 1. The minimum Gasteiger partial charge on any atom is -0.375 e. The molecule has 4 nitrogen and oxygen atoms in total. The van der Waals surface area contributed by atoms with E-state index in [0.717, 1.165) is 0 Å². The van der Waals surface area contributed by atoms with Crippen LogP contribution in [0.3, 0.4) is 0 Å². The van der Waals surface area contributed by atoms with Crippen molar-refractivity contribution in [3.63, 3.8) is 0 Å². The van der Waals surface area contributed by atoms with Gasteiger partial charge in [0.15, 0.2) is 0 Å². The van der Waals surface area contributed by atoms with Gasteiger partial charge >= 0.3 is 0 Å². The average Bonchev–Trinajstić information content (AvgIpc) is 2.32. The molecule has 6 heteroatoms. The highest BCUT2D eigenvalue weighted by molar-refractivity contribution is 6.33. The first-order chi connectivity index (χ1) is 9.40. The summed E-state index contributed by atoms with van der Waals surface area (Å²) >= 11 is 5.96. The number of nitrogens with zero attached hydrogens (tertiary/aromatic N) is 1. The second-order valence-corrected chi connectivity index (χ2v) is 5.02. The molecule has 0 saturated carbocycles. The van der Waals surface area contributed by atoms with Crippen LogP contribution in [0.1, 0.15) is 30.0 Å². The van der Waals surface area contributed by atoms with Crippen LogP contribution in [0.15, 0.2) is 23.0 Å². The number of para-hydroxylation sites is 1. The quantitative estimate of drug-likeness (QED) is 0.913. The largest absolute Gasteiger partial charge is 0.375 e. The van der Waals surface area contributed by atoms with Crippen LogP contribution in [0.4, 0.5) is 10.1 Å². The Kier molecular flexibility index (Phi) is 4.09. The number of aromatic amines is 1. The maximum absolute atomic E-state index is 13.7. The number of nitrogens with one attached hydrogen (secondary N) is 2. The summed E-state index contributed by atoms with van der Waals surface area (Å²) in [5.41, 5.74) is 1.03. The van der Waals surface area contributed by atoms with Gasteiger partial charge in [0.2, 0.25) is 0 Å². The second kappa shape index (κ2) is 5.63. The molecular formula is C14H15ClFN3O. The van der Waals surface area contributed by atoms with Gasteiger partial charge in [0.25, 0.3) is 5.56 Å². The number of halogens is 2. The number of rotatable bonds is 3. The monoisotopic (exact) mass is 295 g/mol. The molecule has 1 heterocycles. The van der Waals surface area contributed by atoms with Crippen LogP contribution in [-0.2, 0) is 0 Å². The SMILES string of the molecule is Cc1nc(C)c(C(C)Nc2c(F)cccc2Cl)c(=O)[nH]1. The highest BCUT2D eigenvalue weighted by atomic mass is 35.5. The fourth-order valence-electron chi connectivity index (χ4n) is 2.17. The normalized spacial score (nSPS) is 12.2. The Morgan fingerprint density at radius 2 is 2.10 bits per heavy atom. The zero-order chi connectivity index (χ0) is 14.9. The molecule has 0 saturated heterocycles. The van der Waals surface area contributed by atoms with Crippen molar-refractivity contribution < 1.29 is 4.39 Å². The zero-order valence-corrected chi connectivity index (χ0v) is 12.2. The van der Waals surface area contributed by atoms with Crippen molar-refractivity contribution in [2.24, 2.45) is 0 Å². The van der Waals surface area contributed by atoms with Crippen molar-refractivity contribution in [3.8, 4) is 0 Å². The number of hydrogen-bond acceptors (Lipinski definition) is 3. The van der Waals surface area contributed by atoms with E-state index in [1.165, 1.54) is 12.1 Å². The smallest absolute Gasteiger partial charge is 0.256 e. The molecule has 2 rings (SSSR count). The summed E-state index contributed by atoms with van der Waals surface area (Å²) in [6.07, 6.45) is 0. The summed E-state index contributed by atoms with van der Waals surface area (Å²) in [6, 6.07) is 4.01. The number of aromatic nitrogens is 2. The number of aryl methyl sites for hydroxylation is 2. The molecule has 0 amide bonds. The highest BCUT2D eigenvalue weighted by Gasteiger charge is 2.17. The molecule has 2 aromatic rings. The number of anilines is 1. The summed E-state index contributed by atoms with van der Waals surface area (Å²) in [7, 11) is 0. The average molecular weight is 296 g/mol. The van der Waals surface area contributed by atoms with Crippen molar-refractivity contribution in [2.45, 2.75) is 26.8 Å². The Balaban J connectivity index is 2.39. The third-order valence-corrected chi connectivity index (χ3v) is 3.34. The van der Waals surface area contributed by atoms with Crippen molar-refractivity contribution in [1.82, 2.24) is 9.97 Å². The lowest BCUT2D eigenvalue weighted by Crippen LogP contribution is -2.23. The second-order valence-electron chi connectivity index (χ2n) is 4.61. The third kappa shape index (κ3) is 2.82. The standard InChI is InChI=1S/C14H15ClFN3O/c1-7-12(14(20)19-9(3)17-7)8(2)18-13-10(15)5-4-6-11(13)16/h4-6,8,18H,1-3H3,(H,17,19,20). The van der Waals surface area contributed by atoms with E-state index in [1.54, 1.807) is 26.8 Å². The summed E-state index contributed by atoms with van der Waals surface area (Å²) in [5, 5.41) is 3.20. The van der Waals surface area contributed by atoms with Crippen molar-refractivity contribution in [3.05, 3.63) is 56.5 Å². The van der Waals surface area contributed by atoms with Gasteiger partial charge in [-0.1, -0.05) is 17.7 Å². The molecule has 1 unspecified atom stereocenters. The molecule has 0 radical (unpaired) electrons. The molecule has 0 spiro atoms. The van der Waals surface area contributed by atoms with Crippen molar-refractivity contribution >= 4 is 17.3 Å². The van der Waals surface area contributed by atoms with Gasteiger partial charge in [-0.3, -0.25) is 4.79 Å². The van der Waals surface area contributed by atoms with E-state index in [-0.39, 0.29) is 16.3 Å². The Morgan fingerprint density at radius 3 is 2.70 bits per heavy atom. The van der Waals surface area contributed by atoms with Crippen LogP contribution in [0.25, 0.3) is 0 Å². The van der Waals surface area contributed by atoms with Crippen molar-refractivity contribution in [1.29, 1.82) is 0 Å². The predicted octanol–water partition coefficient (Wildman–Crippen LogP) is 3.35. The number of hydrogen-bond donors (Lipinski definition) is 2. The molecule has 0 bridgehead atoms. The van der Waals surface area contributed by atoms with Crippen LogP contribution in [0.5, 0.6) is 0 Å². The lowest BCUT2D eigenvalue weighted by Gasteiger charge is -2.18. The fraction of sp³-hybridized carbons (Fsp3) is 0.286. The van der Waals surface area contributed by atoms with E-state index in [0.29, 0.717) is 17.1 Å². The molecule has 2 N–H and O–H groups in total. The predicted molar refractivity (Wildman–Crippen MR) is 77.8 cm³/mol. The first-order valence-electron chi connectivity index (χ1n) is 6.18. The first-order valence-corrected chi connectivity index (χ1v) is 6.56. The van der Waals surface area contributed by atoms with Crippen LogP contribution < -0.4 is 10.9 Å². The molecule has 1 aromatic heterocycles. The first kappa shape index (κ1) is 14.5. The fourth-order valence-corrected chi connectivity index (χ4v) is 2.39. The van der Waals surface area contributed by atoms with Crippen LogP contribution in [0, 0.1) is 19.7 Å². The molecule has 0 aliphatic rings. The van der Waals surface area contributed by atoms with E-state index in [1.807, 2.05) is 0 Å². The molecule has 0 fully saturated rings. The van der Waals surface area contributed by atoms with Gasteiger partial charge in [-0.05, 0) is 32.9 Å². The molecule has 106 valence electrons. The molecule has 0 aliphatic heterocycles. The lowest BCUT2D eigenvalue weighted by molar-refractivity contribution is 0.627. The summed E-state index contributed by atoms with van der Waals surface area (Å²) in [4.78, 5) is 18.9. The van der Waals surface area contributed by atoms with Gasteiger partial charge in [-0.15, -0.1) is 0 Å². The molecule has 20 heavy (non-hydrogen) atoms. The molecule has 0 aliphatic carbocycles. The van der Waals surface area contributed by atoms with Crippen molar-refractivity contribution in [2.75, 3.05) is 5.32 Å². The van der Waals surface area contributed by atoms with Crippen LogP contribution in [-0.4, -0.2) is 9.97 Å². The Morgan fingerprint density at radius 1 is 1.40 bits per heavy atom. The molecule has 1 atom stereocenters.